The first-order valence-electron chi connectivity index (χ1n) is 31.6. The molecule has 0 unspecified atom stereocenters. The molecule has 6 N–H and O–H groups in total. The van der Waals surface area contributed by atoms with E-state index in [2.05, 4.69) is 54.0 Å². The first-order chi connectivity index (χ1) is 35.9. The largest absolute Gasteiger partial charge is 0.383 e. The molecule has 2 aliphatic heterocycles. The Morgan fingerprint density at radius 2 is 0.753 bits per heavy atom. The van der Waals surface area contributed by atoms with Gasteiger partial charge in [-0.2, -0.15) is 19.9 Å². The maximum absolute atomic E-state index is 6.17. The topological polar surface area (TPSA) is 141 Å². The average Bonchev–Trinajstić information content (AvgIpc) is 3.42. The summed E-state index contributed by atoms with van der Waals surface area (Å²) in [5.74, 6) is 10.0. The quantitative estimate of drug-likeness (QED) is 0.0633. The molecule has 4 heterocycles. The standard InChI is InChI=1S/C31H56N6.C30H54N6/c1-2-3-19-36-20-22-37(23-21-36)30-24-29(32)34-31(35-30)33-25-28-17-15-27(16-18-28)14-8-5-4-7-11-26-12-9-6-10-13-26;1-2-18-35-19-21-36(22-20-35)29-23-28(31)33-30(34-29)32-24-27-16-14-26(15-17-27)13-7-4-3-6-10-25-11-8-5-9-12-25/h24,26-28H,2-23,25H2,1H3,(H3,32,33,34,35);23,25-27H,2-22,24H2,1H3,(H3,31,32,33,34). The monoisotopic (exact) mass is 1010 g/mol. The van der Waals surface area contributed by atoms with Crippen LogP contribution in [-0.2, 0) is 0 Å². The molecular weight excluding hydrogens is 901 g/mol. The molecule has 2 saturated heterocycles. The molecule has 12 nitrogen and oxygen atoms in total. The first-order valence-corrected chi connectivity index (χ1v) is 31.6. The average molecular weight is 1010 g/mol. The van der Waals surface area contributed by atoms with E-state index < -0.39 is 0 Å². The zero-order valence-corrected chi connectivity index (χ0v) is 47.2. The van der Waals surface area contributed by atoms with Crippen LogP contribution in [0.4, 0.5) is 35.2 Å². The highest BCUT2D eigenvalue weighted by Gasteiger charge is 2.25. The van der Waals surface area contributed by atoms with E-state index in [0.717, 1.165) is 113 Å². The summed E-state index contributed by atoms with van der Waals surface area (Å²) in [5, 5.41) is 7.07. The molecule has 6 fully saturated rings. The Morgan fingerprint density at radius 3 is 1.12 bits per heavy atom. The zero-order valence-electron chi connectivity index (χ0n) is 47.2. The van der Waals surface area contributed by atoms with Crippen LogP contribution in [0.3, 0.4) is 0 Å². The summed E-state index contributed by atoms with van der Waals surface area (Å²) in [6.45, 7) is 17.3. The maximum Gasteiger partial charge on any atom is 0.226 e. The van der Waals surface area contributed by atoms with Gasteiger partial charge in [-0.05, 0) is 87.1 Å². The second-order valence-electron chi connectivity index (χ2n) is 24.5. The van der Waals surface area contributed by atoms with Crippen LogP contribution in [0.15, 0.2) is 12.1 Å². The molecule has 12 heteroatoms. The minimum atomic E-state index is 0.570. The van der Waals surface area contributed by atoms with E-state index in [1.165, 1.54) is 225 Å². The Morgan fingerprint density at radius 1 is 0.397 bits per heavy atom. The third-order valence-electron chi connectivity index (χ3n) is 18.7. The number of hydrogen-bond acceptors (Lipinski definition) is 12. The van der Waals surface area contributed by atoms with Gasteiger partial charge in [0.1, 0.15) is 23.3 Å². The fourth-order valence-electron chi connectivity index (χ4n) is 13.8. The van der Waals surface area contributed by atoms with Crippen LogP contribution in [-0.4, -0.2) is 108 Å². The van der Waals surface area contributed by atoms with E-state index in [9.17, 15) is 0 Å². The van der Waals surface area contributed by atoms with Crippen LogP contribution < -0.4 is 31.9 Å². The summed E-state index contributed by atoms with van der Waals surface area (Å²) >= 11 is 0. The predicted molar refractivity (Wildman–Crippen MR) is 312 cm³/mol. The van der Waals surface area contributed by atoms with Crippen molar-refractivity contribution >= 4 is 35.2 Å². The van der Waals surface area contributed by atoms with E-state index in [-0.39, 0.29) is 0 Å². The second-order valence-corrected chi connectivity index (χ2v) is 24.5. The summed E-state index contributed by atoms with van der Waals surface area (Å²) in [5.41, 5.74) is 12.3. The fraction of sp³-hybridized carbons (Fsp3) is 0.869. The first kappa shape index (κ1) is 57.6. The van der Waals surface area contributed by atoms with E-state index >= 15 is 0 Å². The van der Waals surface area contributed by atoms with Crippen LogP contribution in [0, 0.1) is 35.5 Å². The van der Waals surface area contributed by atoms with Gasteiger partial charge in [-0.1, -0.05) is 187 Å². The maximum atomic E-state index is 6.17. The number of piperazine rings is 2. The highest BCUT2D eigenvalue weighted by atomic mass is 15.3. The van der Waals surface area contributed by atoms with Gasteiger partial charge < -0.3 is 31.9 Å². The van der Waals surface area contributed by atoms with Crippen LogP contribution in [0.5, 0.6) is 0 Å². The van der Waals surface area contributed by atoms with Crippen molar-refractivity contribution in [2.45, 2.75) is 226 Å². The number of nitrogens with zero attached hydrogens (tertiary/aromatic N) is 8. The van der Waals surface area contributed by atoms with Crippen molar-refractivity contribution < 1.29 is 0 Å². The molecule has 414 valence electrons. The Balaban J connectivity index is 0.000000214. The van der Waals surface area contributed by atoms with Gasteiger partial charge in [0.05, 0.1) is 0 Å². The molecule has 2 aromatic rings. The normalized spacial score (nSPS) is 24.0. The summed E-state index contributed by atoms with van der Waals surface area (Å²) in [4.78, 5) is 28.5. The molecule has 6 aliphatic rings. The number of nitrogens with one attached hydrogen (secondary N) is 2. The molecule has 4 saturated carbocycles. The van der Waals surface area contributed by atoms with Crippen LogP contribution in [0.2, 0.25) is 0 Å². The fourth-order valence-corrected chi connectivity index (χ4v) is 13.8. The Bertz CT molecular complexity index is 1730. The third-order valence-corrected chi connectivity index (χ3v) is 18.7. The van der Waals surface area contributed by atoms with Gasteiger partial charge in [-0.3, -0.25) is 9.80 Å². The van der Waals surface area contributed by atoms with E-state index in [1.807, 2.05) is 12.1 Å². The lowest BCUT2D eigenvalue weighted by molar-refractivity contribution is 0.253. The minimum absolute atomic E-state index is 0.570. The van der Waals surface area contributed by atoms with E-state index in [4.69, 9.17) is 21.4 Å². The van der Waals surface area contributed by atoms with Gasteiger partial charge in [0, 0.05) is 77.6 Å². The molecule has 0 aromatic carbocycles. The predicted octanol–water partition coefficient (Wildman–Crippen LogP) is 13.9. The lowest BCUT2D eigenvalue weighted by Crippen LogP contribution is -2.47. The smallest absolute Gasteiger partial charge is 0.226 e. The van der Waals surface area contributed by atoms with Crippen molar-refractivity contribution in [3.8, 4) is 0 Å². The number of aromatic nitrogens is 4. The van der Waals surface area contributed by atoms with E-state index in [1.54, 1.807) is 0 Å². The summed E-state index contributed by atoms with van der Waals surface area (Å²) in [7, 11) is 0. The molecule has 0 bridgehead atoms. The highest BCUT2D eigenvalue weighted by molar-refractivity contribution is 5.53. The van der Waals surface area contributed by atoms with Crippen LogP contribution >= 0.6 is 0 Å². The van der Waals surface area contributed by atoms with Gasteiger partial charge >= 0.3 is 0 Å². The van der Waals surface area contributed by atoms with Crippen molar-refractivity contribution in [1.82, 2.24) is 29.7 Å². The van der Waals surface area contributed by atoms with Gasteiger partial charge in [0.25, 0.3) is 0 Å². The lowest BCUT2D eigenvalue weighted by atomic mass is 9.79. The number of hydrogen-bond donors (Lipinski definition) is 4. The highest BCUT2D eigenvalue weighted by Crippen LogP contribution is 2.35. The number of unbranched alkanes of at least 4 members (excludes halogenated alkanes) is 7. The molecular formula is C61H110N12. The van der Waals surface area contributed by atoms with E-state index in [0.29, 0.717) is 23.5 Å². The zero-order chi connectivity index (χ0) is 50.7. The lowest BCUT2D eigenvalue weighted by Gasteiger charge is -2.35. The van der Waals surface area contributed by atoms with Gasteiger partial charge in [-0.15, -0.1) is 0 Å². The third kappa shape index (κ3) is 21.4. The molecule has 8 rings (SSSR count). The van der Waals surface area contributed by atoms with Crippen LogP contribution in [0.25, 0.3) is 0 Å². The van der Waals surface area contributed by atoms with Crippen LogP contribution in [0.1, 0.15) is 226 Å². The Labute approximate surface area is 446 Å². The molecule has 0 atom stereocenters. The van der Waals surface area contributed by atoms with Gasteiger partial charge in [0.2, 0.25) is 11.9 Å². The van der Waals surface area contributed by atoms with Crippen molar-refractivity contribution in [3.05, 3.63) is 12.1 Å². The van der Waals surface area contributed by atoms with Gasteiger partial charge in [0.15, 0.2) is 0 Å². The number of rotatable bonds is 27. The molecule has 73 heavy (non-hydrogen) atoms. The Kier molecular flexibility index (Phi) is 26.1. The number of nitrogens with two attached hydrogens (primary N) is 2. The second kappa shape index (κ2) is 33.1. The molecule has 0 spiro atoms. The summed E-state index contributed by atoms with van der Waals surface area (Å²) in [6.07, 6.45) is 47.4. The Hall–Kier alpha value is -3.12. The summed E-state index contributed by atoms with van der Waals surface area (Å²) < 4.78 is 0. The number of nitrogen functional groups attached to an aromatic ring is 2. The minimum Gasteiger partial charge on any atom is -0.383 e. The van der Waals surface area contributed by atoms with Crippen molar-refractivity contribution in [3.63, 3.8) is 0 Å². The van der Waals surface area contributed by atoms with Crippen molar-refractivity contribution in [2.24, 2.45) is 35.5 Å². The molecule has 0 amide bonds. The molecule has 0 radical (unpaired) electrons. The van der Waals surface area contributed by atoms with Gasteiger partial charge in [-0.25, -0.2) is 0 Å². The molecule has 2 aromatic heterocycles. The number of anilines is 6. The summed E-state index contributed by atoms with van der Waals surface area (Å²) in [6, 6.07) is 3.87. The molecule has 4 aliphatic carbocycles. The SMILES string of the molecule is CCCCN1CCN(c2cc(N)nc(NCC3CCC(CCCCCCC4CCCCC4)CC3)n2)CC1.CCCN1CCN(c2cc(N)nc(NCC3CCC(CCCCCCC4CCCCC4)CC3)n2)CC1. The van der Waals surface area contributed by atoms with Crippen molar-refractivity contribution in [1.29, 1.82) is 0 Å². The van der Waals surface area contributed by atoms with Crippen molar-refractivity contribution in [2.75, 3.05) is 110 Å².